The zero-order valence-corrected chi connectivity index (χ0v) is 8.19. The molecule has 5 heteroatoms. The molecule has 0 radical (unpaired) electrons. The van der Waals surface area contributed by atoms with E-state index >= 15 is 0 Å². The Morgan fingerprint density at radius 1 is 1.62 bits per heavy atom. The van der Waals surface area contributed by atoms with Crippen molar-refractivity contribution in [2.24, 2.45) is 10.9 Å². The summed E-state index contributed by atoms with van der Waals surface area (Å²) in [4.78, 5) is 0. The fourth-order valence-corrected chi connectivity index (χ4v) is 0.995. The van der Waals surface area contributed by atoms with E-state index in [9.17, 15) is 0 Å². The molecule has 0 amide bonds. The Labute approximate surface area is 78.5 Å². The molecular formula is C8H18N2O3. The van der Waals surface area contributed by atoms with Gasteiger partial charge in [0.2, 0.25) is 0 Å². The Morgan fingerprint density at radius 3 is 2.77 bits per heavy atom. The lowest BCUT2D eigenvalue weighted by Crippen LogP contribution is -2.22. The third-order valence-corrected chi connectivity index (χ3v) is 1.61. The maximum atomic E-state index is 8.30. The summed E-state index contributed by atoms with van der Waals surface area (Å²) in [5.74, 6) is 0.223. The van der Waals surface area contributed by atoms with Crippen molar-refractivity contribution in [2.75, 3.05) is 20.3 Å². The summed E-state index contributed by atoms with van der Waals surface area (Å²) < 4.78 is 10.3. The molecule has 5 nitrogen and oxygen atoms in total. The van der Waals surface area contributed by atoms with Gasteiger partial charge in [-0.15, -0.1) is 0 Å². The average molecular weight is 190 g/mol. The topological polar surface area (TPSA) is 77.1 Å². The lowest BCUT2D eigenvalue weighted by molar-refractivity contribution is 0.000749. The van der Waals surface area contributed by atoms with Gasteiger partial charge in [-0.05, 0) is 13.3 Å². The van der Waals surface area contributed by atoms with Gasteiger partial charge < -0.3 is 20.4 Å². The first-order chi connectivity index (χ1) is 6.24. The molecule has 0 aromatic rings. The molecule has 13 heavy (non-hydrogen) atoms. The standard InChI is InChI=1S/C8H18N2O3/c1-3-13-7(6-12-2)4-5-8(9)10-11/h7,11H,3-6H2,1-2H3,(H2,9,10). The van der Waals surface area contributed by atoms with Gasteiger partial charge in [-0.25, -0.2) is 0 Å². The van der Waals surface area contributed by atoms with Crippen LogP contribution in [0, 0.1) is 0 Å². The minimum atomic E-state index is 0.0234. The second-order valence-electron chi connectivity index (χ2n) is 2.66. The fourth-order valence-electron chi connectivity index (χ4n) is 0.995. The number of hydrogen-bond donors (Lipinski definition) is 2. The third-order valence-electron chi connectivity index (χ3n) is 1.61. The SMILES string of the molecule is CCOC(CC/C(N)=N\O)COC. The second-order valence-corrected chi connectivity index (χ2v) is 2.66. The van der Waals surface area contributed by atoms with Gasteiger partial charge in [-0.2, -0.15) is 0 Å². The van der Waals surface area contributed by atoms with Crippen LogP contribution < -0.4 is 5.73 Å². The molecule has 1 unspecified atom stereocenters. The van der Waals surface area contributed by atoms with E-state index in [1.165, 1.54) is 0 Å². The Kier molecular flexibility index (Phi) is 7.33. The minimum Gasteiger partial charge on any atom is -0.409 e. The maximum absolute atomic E-state index is 8.30. The molecular weight excluding hydrogens is 172 g/mol. The van der Waals surface area contributed by atoms with Crippen molar-refractivity contribution in [3.8, 4) is 0 Å². The maximum Gasteiger partial charge on any atom is 0.139 e. The van der Waals surface area contributed by atoms with Crippen molar-refractivity contribution in [3.05, 3.63) is 0 Å². The molecule has 0 rings (SSSR count). The Morgan fingerprint density at radius 2 is 2.31 bits per heavy atom. The molecule has 0 saturated carbocycles. The van der Waals surface area contributed by atoms with Crippen molar-refractivity contribution in [1.82, 2.24) is 0 Å². The summed E-state index contributed by atoms with van der Waals surface area (Å²) in [7, 11) is 1.62. The number of amidine groups is 1. The zero-order valence-electron chi connectivity index (χ0n) is 8.19. The van der Waals surface area contributed by atoms with Crippen LogP contribution in [-0.4, -0.2) is 37.5 Å². The molecule has 0 bridgehead atoms. The lowest BCUT2D eigenvalue weighted by Gasteiger charge is -2.15. The first kappa shape index (κ1) is 12.2. The zero-order chi connectivity index (χ0) is 10.1. The summed E-state index contributed by atoms with van der Waals surface area (Å²) in [6, 6.07) is 0. The lowest BCUT2D eigenvalue weighted by atomic mass is 10.2. The van der Waals surface area contributed by atoms with Gasteiger partial charge in [0.15, 0.2) is 0 Å². The number of hydrogen-bond acceptors (Lipinski definition) is 4. The van der Waals surface area contributed by atoms with Gasteiger partial charge in [-0.1, -0.05) is 5.16 Å². The van der Waals surface area contributed by atoms with Crippen LogP contribution in [0.15, 0.2) is 5.16 Å². The van der Waals surface area contributed by atoms with Crippen LogP contribution in [0.5, 0.6) is 0 Å². The Hall–Kier alpha value is -0.810. The summed E-state index contributed by atoms with van der Waals surface area (Å²) in [5.41, 5.74) is 5.32. The normalized spacial score (nSPS) is 14.5. The number of rotatable bonds is 7. The largest absolute Gasteiger partial charge is 0.409 e. The van der Waals surface area contributed by atoms with Gasteiger partial charge in [0.05, 0.1) is 12.7 Å². The molecule has 0 aromatic carbocycles. The molecule has 0 heterocycles. The van der Waals surface area contributed by atoms with E-state index in [1.54, 1.807) is 7.11 Å². The Bertz CT molecular complexity index is 144. The van der Waals surface area contributed by atoms with Crippen LogP contribution in [-0.2, 0) is 9.47 Å². The fraction of sp³-hybridized carbons (Fsp3) is 0.875. The summed E-state index contributed by atoms with van der Waals surface area (Å²) in [6.07, 6.45) is 1.25. The quantitative estimate of drug-likeness (QED) is 0.266. The Balaban J connectivity index is 3.67. The second kappa shape index (κ2) is 7.82. The summed E-state index contributed by atoms with van der Waals surface area (Å²) in [6.45, 7) is 3.10. The van der Waals surface area contributed by atoms with Crippen molar-refractivity contribution in [2.45, 2.75) is 25.9 Å². The highest BCUT2D eigenvalue weighted by molar-refractivity contribution is 5.79. The predicted molar refractivity (Wildman–Crippen MR) is 49.9 cm³/mol. The smallest absolute Gasteiger partial charge is 0.139 e. The van der Waals surface area contributed by atoms with E-state index in [2.05, 4.69) is 5.16 Å². The van der Waals surface area contributed by atoms with E-state index in [0.717, 1.165) is 0 Å². The van der Waals surface area contributed by atoms with Gasteiger partial charge in [0.25, 0.3) is 0 Å². The van der Waals surface area contributed by atoms with Crippen molar-refractivity contribution >= 4 is 5.84 Å². The van der Waals surface area contributed by atoms with Crippen LogP contribution in [0.2, 0.25) is 0 Å². The van der Waals surface area contributed by atoms with Gasteiger partial charge >= 0.3 is 0 Å². The monoisotopic (exact) mass is 190 g/mol. The van der Waals surface area contributed by atoms with Crippen molar-refractivity contribution < 1.29 is 14.7 Å². The molecule has 0 fully saturated rings. The van der Waals surface area contributed by atoms with Gasteiger partial charge in [0.1, 0.15) is 5.84 Å². The number of ether oxygens (including phenoxy) is 2. The molecule has 0 aliphatic heterocycles. The first-order valence-corrected chi connectivity index (χ1v) is 4.31. The van der Waals surface area contributed by atoms with Crippen LogP contribution in [0.25, 0.3) is 0 Å². The van der Waals surface area contributed by atoms with Crippen LogP contribution in [0.4, 0.5) is 0 Å². The predicted octanol–water partition coefficient (Wildman–Crippen LogP) is 0.565. The van der Waals surface area contributed by atoms with E-state index in [-0.39, 0.29) is 11.9 Å². The third kappa shape index (κ3) is 6.36. The number of nitrogens with two attached hydrogens (primary N) is 1. The van der Waals surface area contributed by atoms with E-state index in [0.29, 0.717) is 26.1 Å². The molecule has 0 aromatic heterocycles. The van der Waals surface area contributed by atoms with Crippen LogP contribution in [0.1, 0.15) is 19.8 Å². The number of nitrogens with zero attached hydrogens (tertiary/aromatic N) is 1. The van der Waals surface area contributed by atoms with Gasteiger partial charge in [-0.3, -0.25) is 0 Å². The van der Waals surface area contributed by atoms with Crippen molar-refractivity contribution in [1.29, 1.82) is 0 Å². The van der Waals surface area contributed by atoms with Crippen LogP contribution in [0.3, 0.4) is 0 Å². The highest BCUT2D eigenvalue weighted by atomic mass is 16.5. The molecule has 3 N–H and O–H groups in total. The van der Waals surface area contributed by atoms with E-state index in [4.69, 9.17) is 20.4 Å². The van der Waals surface area contributed by atoms with Crippen LogP contribution >= 0.6 is 0 Å². The molecule has 1 atom stereocenters. The van der Waals surface area contributed by atoms with E-state index in [1.807, 2.05) is 6.92 Å². The molecule has 0 spiro atoms. The number of oxime groups is 1. The van der Waals surface area contributed by atoms with E-state index < -0.39 is 0 Å². The molecule has 78 valence electrons. The minimum absolute atomic E-state index is 0.0234. The highest BCUT2D eigenvalue weighted by Crippen LogP contribution is 2.02. The van der Waals surface area contributed by atoms with Crippen molar-refractivity contribution in [3.63, 3.8) is 0 Å². The average Bonchev–Trinajstić information content (AvgIpc) is 2.14. The van der Waals surface area contributed by atoms with Gasteiger partial charge in [0, 0.05) is 20.1 Å². The summed E-state index contributed by atoms with van der Waals surface area (Å²) in [5, 5.41) is 11.2. The molecule has 0 saturated heterocycles. The molecule has 0 aliphatic rings. The number of methoxy groups -OCH3 is 1. The summed E-state index contributed by atoms with van der Waals surface area (Å²) >= 11 is 0. The molecule has 0 aliphatic carbocycles. The first-order valence-electron chi connectivity index (χ1n) is 4.31. The highest BCUT2D eigenvalue weighted by Gasteiger charge is 2.08.